The van der Waals surface area contributed by atoms with Crippen molar-refractivity contribution < 1.29 is 14.3 Å². The Hall–Kier alpha value is -2.12. The van der Waals surface area contributed by atoms with E-state index < -0.39 is 0 Å². The van der Waals surface area contributed by atoms with Gasteiger partial charge in [-0.3, -0.25) is 4.79 Å². The van der Waals surface area contributed by atoms with Crippen LogP contribution in [0.25, 0.3) is 0 Å². The maximum atomic E-state index is 12.0. The zero-order valence-electron chi connectivity index (χ0n) is 17.5. The van der Waals surface area contributed by atoms with Crippen molar-refractivity contribution in [3.63, 3.8) is 0 Å². The van der Waals surface area contributed by atoms with E-state index in [0.29, 0.717) is 19.5 Å². The minimum atomic E-state index is 0.254. The lowest BCUT2D eigenvalue weighted by atomic mass is 10.1. The van der Waals surface area contributed by atoms with Crippen LogP contribution in [0.1, 0.15) is 43.7 Å². The van der Waals surface area contributed by atoms with Gasteiger partial charge in [0.05, 0.1) is 19.3 Å². The quantitative estimate of drug-likeness (QED) is 0.356. The lowest BCUT2D eigenvalue weighted by Gasteiger charge is -2.18. The topological polar surface area (TPSA) is 75.2 Å². The number of amides is 1. The second-order valence-corrected chi connectivity index (χ2v) is 7.52. The highest BCUT2D eigenvalue weighted by Crippen LogP contribution is 2.17. The first kappa shape index (κ1) is 21.6. The molecule has 2 saturated heterocycles. The molecule has 7 heteroatoms. The molecule has 3 rings (SSSR count). The average molecular weight is 403 g/mol. The van der Waals surface area contributed by atoms with E-state index in [-0.39, 0.29) is 12.0 Å². The molecular formula is C22H34N4O3. The van der Waals surface area contributed by atoms with Crippen LogP contribution in [0.5, 0.6) is 0 Å². The monoisotopic (exact) mass is 402 g/mol. The maximum Gasteiger partial charge on any atom is 0.222 e. The molecule has 0 aromatic heterocycles. The Labute approximate surface area is 173 Å². The summed E-state index contributed by atoms with van der Waals surface area (Å²) in [5.74, 6) is 1.06. The Balaban J connectivity index is 1.48. The van der Waals surface area contributed by atoms with Crippen molar-refractivity contribution in [3.8, 4) is 0 Å². The number of ether oxygens (including phenoxy) is 2. The number of carbonyl (C=O) groups excluding carboxylic acids is 1. The summed E-state index contributed by atoms with van der Waals surface area (Å²) in [6, 6.07) is 8.26. The summed E-state index contributed by atoms with van der Waals surface area (Å²) >= 11 is 0. The van der Waals surface area contributed by atoms with E-state index >= 15 is 0 Å². The second kappa shape index (κ2) is 11.8. The molecule has 1 unspecified atom stereocenters. The summed E-state index contributed by atoms with van der Waals surface area (Å²) in [5, 5.41) is 6.68. The minimum absolute atomic E-state index is 0.254. The van der Waals surface area contributed by atoms with Gasteiger partial charge in [-0.1, -0.05) is 24.3 Å². The van der Waals surface area contributed by atoms with Crippen LogP contribution in [0.3, 0.4) is 0 Å². The smallest absolute Gasteiger partial charge is 0.222 e. The van der Waals surface area contributed by atoms with Crippen LogP contribution in [-0.2, 0) is 27.4 Å². The van der Waals surface area contributed by atoms with Gasteiger partial charge in [0.25, 0.3) is 0 Å². The number of nitrogens with zero attached hydrogens (tertiary/aromatic N) is 2. The first-order valence-corrected chi connectivity index (χ1v) is 10.8. The minimum Gasteiger partial charge on any atom is -0.379 e. The van der Waals surface area contributed by atoms with Gasteiger partial charge in [0.15, 0.2) is 5.96 Å². The SMILES string of the molecule is CCNC(=NCc1ccccc1CN1CCCC1=O)NCCCOC1CCOC1. The summed E-state index contributed by atoms with van der Waals surface area (Å²) in [4.78, 5) is 18.6. The fraction of sp³-hybridized carbons (Fsp3) is 0.636. The lowest BCUT2D eigenvalue weighted by molar-refractivity contribution is -0.128. The van der Waals surface area contributed by atoms with Crippen LogP contribution in [0.15, 0.2) is 29.3 Å². The highest BCUT2D eigenvalue weighted by atomic mass is 16.5. The van der Waals surface area contributed by atoms with Crippen molar-refractivity contribution in [3.05, 3.63) is 35.4 Å². The molecule has 2 aliphatic heterocycles. The van der Waals surface area contributed by atoms with E-state index in [0.717, 1.165) is 70.2 Å². The Morgan fingerprint density at radius 2 is 2.17 bits per heavy atom. The Morgan fingerprint density at radius 3 is 2.90 bits per heavy atom. The Kier molecular flexibility index (Phi) is 8.77. The third-order valence-corrected chi connectivity index (χ3v) is 5.26. The van der Waals surface area contributed by atoms with E-state index in [1.165, 1.54) is 5.56 Å². The predicted octanol–water partition coefficient (Wildman–Crippen LogP) is 2.06. The molecule has 2 fully saturated rings. The molecule has 0 aliphatic carbocycles. The summed E-state index contributed by atoms with van der Waals surface area (Å²) < 4.78 is 11.1. The first-order valence-electron chi connectivity index (χ1n) is 10.8. The van der Waals surface area contributed by atoms with Gasteiger partial charge in [-0.15, -0.1) is 0 Å². The summed E-state index contributed by atoms with van der Waals surface area (Å²) in [6.07, 6.45) is 3.82. The number of carbonyl (C=O) groups is 1. The van der Waals surface area contributed by atoms with Gasteiger partial charge < -0.3 is 25.0 Å². The van der Waals surface area contributed by atoms with Crippen LogP contribution >= 0.6 is 0 Å². The lowest BCUT2D eigenvalue weighted by Crippen LogP contribution is -2.38. The van der Waals surface area contributed by atoms with Crippen molar-refractivity contribution in [2.45, 2.75) is 51.8 Å². The molecule has 0 radical (unpaired) electrons. The fourth-order valence-electron chi connectivity index (χ4n) is 3.62. The molecule has 1 aromatic carbocycles. The number of guanidine groups is 1. The third kappa shape index (κ3) is 7.01. The molecule has 1 amide bonds. The molecule has 1 atom stereocenters. The van der Waals surface area contributed by atoms with Gasteiger partial charge in [-0.25, -0.2) is 4.99 Å². The molecule has 1 aromatic rings. The summed E-state index contributed by atoms with van der Waals surface area (Å²) in [5.41, 5.74) is 2.34. The number of rotatable bonds is 10. The fourth-order valence-corrected chi connectivity index (χ4v) is 3.62. The summed E-state index contributed by atoms with van der Waals surface area (Å²) in [6.45, 7) is 8.07. The Bertz CT molecular complexity index is 674. The molecule has 2 N–H and O–H groups in total. The zero-order valence-corrected chi connectivity index (χ0v) is 17.5. The van der Waals surface area contributed by atoms with Crippen molar-refractivity contribution >= 4 is 11.9 Å². The molecule has 160 valence electrons. The highest BCUT2D eigenvalue weighted by molar-refractivity contribution is 5.79. The van der Waals surface area contributed by atoms with E-state index in [1.54, 1.807) is 0 Å². The maximum absolute atomic E-state index is 12.0. The summed E-state index contributed by atoms with van der Waals surface area (Å²) in [7, 11) is 0. The number of hydrogen-bond acceptors (Lipinski definition) is 4. The number of hydrogen-bond donors (Lipinski definition) is 2. The molecular weight excluding hydrogens is 368 g/mol. The largest absolute Gasteiger partial charge is 0.379 e. The van der Waals surface area contributed by atoms with Crippen LogP contribution in [0, 0.1) is 0 Å². The molecule has 0 spiro atoms. The van der Waals surface area contributed by atoms with E-state index in [4.69, 9.17) is 14.5 Å². The van der Waals surface area contributed by atoms with E-state index in [2.05, 4.69) is 29.7 Å². The van der Waals surface area contributed by atoms with Gasteiger partial charge in [0.2, 0.25) is 5.91 Å². The van der Waals surface area contributed by atoms with E-state index in [1.807, 2.05) is 17.0 Å². The first-order chi connectivity index (χ1) is 14.3. The number of aliphatic imine (C=N–C) groups is 1. The number of likely N-dealkylation sites (tertiary alicyclic amines) is 1. The van der Waals surface area contributed by atoms with Gasteiger partial charge in [-0.2, -0.15) is 0 Å². The predicted molar refractivity (Wildman–Crippen MR) is 114 cm³/mol. The number of benzene rings is 1. The molecule has 29 heavy (non-hydrogen) atoms. The second-order valence-electron chi connectivity index (χ2n) is 7.52. The van der Waals surface area contributed by atoms with Crippen molar-refractivity contribution in [2.24, 2.45) is 4.99 Å². The Morgan fingerprint density at radius 1 is 1.31 bits per heavy atom. The molecule has 0 bridgehead atoms. The molecule has 2 aliphatic rings. The molecule has 2 heterocycles. The van der Waals surface area contributed by atoms with Crippen LogP contribution in [-0.4, -0.2) is 62.3 Å². The van der Waals surface area contributed by atoms with Gasteiger partial charge in [0.1, 0.15) is 0 Å². The van der Waals surface area contributed by atoms with Crippen molar-refractivity contribution in [1.82, 2.24) is 15.5 Å². The zero-order chi connectivity index (χ0) is 20.3. The molecule has 0 saturated carbocycles. The van der Waals surface area contributed by atoms with Crippen molar-refractivity contribution in [2.75, 3.05) is 39.5 Å². The van der Waals surface area contributed by atoms with Crippen LogP contribution in [0.2, 0.25) is 0 Å². The van der Waals surface area contributed by atoms with E-state index in [9.17, 15) is 4.79 Å². The molecule has 7 nitrogen and oxygen atoms in total. The van der Waals surface area contributed by atoms with Gasteiger partial charge in [-0.05, 0) is 37.3 Å². The third-order valence-electron chi connectivity index (χ3n) is 5.26. The van der Waals surface area contributed by atoms with Crippen LogP contribution in [0.4, 0.5) is 0 Å². The van der Waals surface area contributed by atoms with Crippen molar-refractivity contribution in [1.29, 1.82) is 0 Å². The highest BCUT2D eigenvalue weighted by Gasteiger charge is 2.20. The van der Waals surface area contributed by atoms with Gasteiger partial charge in [0, 0.05) is 45.8 Å². The van der Waals surface area contributed by atoms with Crippen LogP contribution < -0.4 is 10.6 Å². The standard InChI is InChI=1S/C22H34N4O3/c1-2-23-22(24-11-6-13-29-20-10-14-28-17-20)25-15-18-7-3-4-8-19(18)16-26-12-5-9-21(26)27/h3-4,7-8,20H,2,5-6,9-17H2,1H3,(H2,23,24,25). The average Bonchev–Trinajstić information content (AvgIpc) is 3.39. The number of nitrogens with one attached hydrogen (secondary N) is 2. The normalized spacial score (nSPS) is 19.8. The van der Waals surface area contributed by atoms with Gasteiger partial charge >= 0.3 is 0 Å².